The van der Waals surface area contributed by atoms with E-state index in [1.54, 1.807) is 18.2 Å². The van der Waals surface area contributed by atoms with Crippen LogP contribution in [-0.2, 0) is 4.74 Å². The summed E-state index contributed by atoms with van der Waals surface area (Å²) in [5.74, 6) is 1.01. The van der Waals surface area contributed by atoms with E-state index in [1.165, 1.54) is 7.11 Å². The predicted molar refractivity (Wildman–Crippen MR) is 62.7 cm³/mol. The Morgan fingerprint density at radius 1 is 1.41 bits per heavy atom. The van der Waals surface area contributed by atoms with Gasteiger partial charge in [0.15, 0.2) is 0 Å². The Kier molecular flexibility index (Phi) is 3.88. The Hall–Kier alpha value is -1.24. The molecule has 5 nitrogen and oxygen atoms in total. The van der Waals surface area contributed by atoms with Gasteiger partial charge in [-0.2, -0.15) is 0 Å². The van der Waals surface area contributed by atoms with Gasteiger partial charge in [0.05, 0.1) is 20.3 Å². The molecule has 1 aromatic carbocycles. The van der Waals surface area contributed by atoms with Gasteiger partial charge in [0.1, 0.15) is 17.6 Å². The lowest BCUT2D eigenvalue weighted by Crippen LogP contribution is -2.33. The highest BCUT2D eigenvalue weighted by molar-refractivity contribution is 6.59. The lowest BCUT2D eigenvalue weighted by Gasteiger charge is -2.16. The van der Waals surface area contributed by atoms with Gasteiger partial charge >= 0.3 is 7.12 Å². The minimum absolute atomic E-state index is 0.0269. The topological polar surface area (TPSA) is 68.2 Å². The molecule has 0 aliphatic carbocycles. The standard InChI is InChI=1S/C11H15BO5/c1-15-8-2-3-11(10(6-8)12(13)14)17-9-4-5-16-7-9/h2-3,6,9,13-14H,4-5,7H2,1H3. The first-order chi connectivity index (χ1) is 8.20. The fourth-order valence-corrected chi connectivity index (χ4v) is 1.75. The van der Waals surface area contributed by atoms with Gasteiger partial charge in [-0.15, -0.1) is 0 Å². The van der Waals surface area contributed by atoms with Gasteiger partial charge in [0.25, 0.3) is 0 Å². The highest BCUT2D eigenvalue weighted by Crippen LogP contribution is 2.19. The third-order valence-corrected chi connectivity index (χ3v) is 2.68. The van der Waals surface area contributed by atoms with E-state index in [9.17, 15) is 10.0 Å². The normalized spacial score (nSPS) is 19.1. The fourth-order valence-electron chi connectivity index (χ4n) is 1.75. The van der Waals surface area contributed by atoms with E-state index in [0.717, 1.165) is 6.42 Å². The molecule has 2 N–H and O–H groups in total. The van der Waals surface area contributed by atoms with Crippen molar-refractivity contribution in [2.45, 2.75) is 12.5 Å². The van der Waals surface area contributed by atoms with Crippen LogP contribution >= 0.6 is 0 Å². The van der Waals surface area contributed by atoms with Crippen LogP contribution in [0.1, 0.15) is 6.42 Å². The van der Waals surface area contributed by atoms with Crippen molar-refractivity contribution in [1.82, 2.24) is 0 Å². The van der Waals surface area contributed by atoms with E-state index in [2.05, 4.69) is 0 Å². The molecular formula is C11H15BO5. The van der Waals surface area contributed by atoms with Crippen molar-refractivity contribution >= 4 is 12.6 Å². The van der Waals surface area contributed by atoms with Crippen molar-refractivity contribution in [1.29, 1.82) is 0 Å². The summed E-state index contributed by atoms with van der Waals surface area (Å²) in [5.41, 5.74) is 0.302. The van der Waals surface area contributed by atoms with Crippen molar-refractivity contribution in [3.63, 3.8) is 0 Å². The van der Waals surface area contributed by atoms with Crippen molar-refractivity contribution in [2.24, 2.45) is 0 Å². The Labute approximate surface area is 100 Å². The van der Waals surface area contributed by atoms with Crippen LogP contribution in [-0.4, -0.2) is 43.6 Å². The molecule has 1 aliphatic heterocycles. The van der Waals surface area contributed by atoms with Crippen molar-refractivity contribution < 1.29 is 24.3 Å². The summed E-state index contributed by atoms with van der Waals surface area (Å²) in [6.07, 6.45) is 0.786. The fraction of sp³-hybridized carbons (Fsp3) is 0.455. The summed E-state index contributed by atoms with van der Waals surface area (Å²) in [6.45, 7) is 1.21. The van der Waals surface area contributed by atoms with E-state index in [-0.39, 0.29) is 6.10 Å². The molecule has 1 saturated heterocycles. The van der Waals surface area contributed by atoms with Crippen LogP contribution < -0.4 is 14.9 Å². The van der Waals surface area contributed by atoms with Gasteiger partial charge in [-0.1, -0.05) is 0 Å². The molecule has 0 saturated carbocycles. The highest BCUT2D eigenvalue weighted by Gasteiger charge is 2.23. The summed E-state index contributed by atoms with van der Waals surface area (Å²) in [4.78, 5) is 0. The molecule has 1 aromatic rings. The Morgan fingerprint density at radius 2 is 2.24 bits per heavy atom. The molecule has 1 unspecified atom stereocenters. The van der Waals surface area contributed by atoms with Crippen LogP contribution in [0.5, 0.6) is 11.5 Å². The first-order valence-electron chi connectivity index (χ1n) is 5.49. The van der Waals surface area contributed by atoms with Gasteiger partial charge in [0, 0.05) is 11.9 Å². The van der Waals surface area contributed by atoms with Crippen LogP contribution in [0.3, 0.4) is 0 Å². The van der Waals surface area contributed by atoms with E-state index in [4.69, 9.17) is 14.2 Å². The van der Waals surface area contributed by atoms with Crippen LogP contribution in [0.2, 0.25) is 0 Å². The summed E-state index contributed by atoms with van der Waals surface area (Å²) in [5, 5.41) is 18.6. The van der Waals surface area contributed by atoms with Crippen LogP contribution in [0.25, 0.3) is 0 Å². The Bertz CT molecular complexity index is 376. The molecule has 0 bridgehead atoms. The number of hydrogen-bond acceptors (Lipinski definition) is 5. The smallest absolute Gasteiger partial charge is 0.492 e. The molecule has 6 heteroatoms. The first kappa shape index (κ1) is 12.2. The zero-order chi connectivity index (χ0) is 12.3. The minimum atomic E-state index is -1.58. The summed E-state index contributed by atoms with van der Waals surface area (Å²) in [7, 11) is -0.0591. The maximum Gasteiger partial charge on any atom is 0.492 e. The molecular weight excluding hydrogens is 223 g/mol. The minimum Gasteiger partial charge on any atom is -0.497 e. The van der Waals surface area contributed by atoms with E-state index in [0.29, 0.717) is 30.2 Å². The lowest BCUT2D eigenvalue weighted by atomic mass is 9.79. The molecule has 0 spiro atoms. The molecule has 0 aromatic heterocycles. The van der Waals surface area contributed by atoms with Crippen LogP contribution in [0.4, 0.5) is 0 Å². The maximum atomic E-state index is 9.29. The molecule has 0 amide bonds. The van der Waals surface area contributed by atoms with E-state index >= 15 is 0 Å². The summed E-state index contributed by atoms with van der Waals surface area (Å²) >= 11 is 0. The van der Waals surface area contributed by atoms with Gasteiger partial charge in [-0.3, -0.25) is 0 Å². The van der Waals surface area contributed by atoms with Crippen molar-refractivity contribution in [3.8, 4) is 11.5 Å². The monoisotopic (exact) mass is 238 g/mol. The number of ether oxygens (including phenoxy) is 3. The second kappa shape index (κ2) is 5.40. The van der Waals surface area contributed by atoms with E-state index < -0.39 is 7.12 Å². The third-order valence-electron chi connectivity index (χ3n) is 2.68. The zero-order valence-electron chi connectivity index (χ0n) is 9.63. The van der Waals surface area contributed by atoms with Crippen LogP contribution in [0, 0.1) is 0 Å². The second-order valence-corrected chi connectivity index (χ2v) is 3.88. The van der Waals surface area contributed by atoms with E-state index in [1.807, 2.05) is 0 Å². The largest absolute Gasteiger partial charge is 0.497 e. The predicted octanol–water partition coefficient (Wildman–Crippen LogP) is -0.457. The van der Waals surface area contributed by atoms with Crippen molar-refractivity contribution in [2.75, 3.05) is 20.3 Å². The van der Waals surface area contributed by atoms with Crippen molar-refractivity contribution in [3.05, 3.63) is 18.2 Å². The molecule has 1 atom stereocenters. The SMILES string of the molecule is COc1ccc(OC2CCOC2)c(B(O)O)c1. The first-order valence-corrected chi connectivity index (χ1v) is 5.49. The second-order valence-electron chi connectivity index (χ2n) is 3.88. The van der Waals surface area contributed by atoms with Gasteiger partial charge in [-0.25, -0.2) is 0 Å². The quantitative estimate of drug-likeness (QED) is 0.695. The number of rotatable bonds is 4. The number of methoxy groups -OCH3 is 1. The molecule has 1 fully saturated rings. The Balaban J connectivity index is 2.19. The number of benzene rings is 1. The molecule has 1 heterocycles. The highest BCUT2D eigenvalue weighted by atomic mass is 16.5. The third kappa shape index (κ3) is 2.91. The maximum absolute atomic E-state index is 9.29. The average Bonchev–Trinajstić information content (AvgIpc) is 2.82. The van der Waals surface area contributed by atoms with Gasteiger partial charge in [0.2, 0.25) is 0 Å². The molecule has 2 rings (SSSR count). The van der Waals surface area contributed by atoms with Crippen LogP contribution in [0.15, 0.2) is 18.2 Å². The summed E-state index contributed by atoms with van der Waals surface area (Å²) in [6, 6.07) is 4.94. The zero-order valence-corrected chi connectivity index (χ0v) is 9.63. The number of hydrogen-bond donors (Lipinski definition) is 2. The summed E-state index contributed by atoms with van der Waals surface area (Å²) < 4.78 is 15.9. The van der Waals surface area contributed by atoms with Gasteiger partial charge in [-0.05, 0) is 18.2 Å². The van der Waals surface area contributed by atoms with Gasteiger partial charge < -0.3 is 24.3 Å². The molecule has 17 heavy (non-hydrogen) atoms. The Morgan fingerprint density at radius 3 is 2.82 bits per heavy atom. The lowest BCUT2D eigenvalue weighted by molar-refractivity contribution is 0.142. The average molecular weight is 238 g/mol. The molecule has 0 radical (unpaired) electrons. The molecule has 92 valence electrons. The molecule has 1 aliphatic rings.